The first-order valence-corrected chi connectivity index (χ1v) is 5.26. The zero-order chi connectivity index (χ0) is 10.9. The Morgan fingerprint density at radius 3 is 2.53 bits per heavy atom. The van der Waals surface area contributed by atoms with E-state index in [4.69, 9.17) is 9.47 Å². The average Bonchev–Trinajstić information content (AvgIpc) is 2.67. The Labute approximate surface area is 89.6 Å². The lowest BCUT2D eigenvalue weighted by Gasteiger charge is -2.28. The van der Waals surface area contributed by atoms with Crippen molar-refractivity contribution in [3.8, 4) is 5.75 Å². The Kier molecular flexibility index (Phi) is 2.67. The lowest BCUT2D eigenvalue weighted by atomic mass is 9.98. The van der Waals surface area contributed by atoms with E-state index in [1.165, 1.54) is 0 Å². The van der Waals surface area contributed by atoms with Crippen LogP contribution in [0.4, 0.5) is 0 Å². The van der Waals surface area contributed by atoms with Gasteiger partial charge in [-0.3, -0.25) is 0 Å². The van der Waals surface area contributed by atoms with Crippen LogP contribution >= 0.6 is 0 Å². The first kappa shape index (κ1) is 10.5. The molecule has 0 radical (unpaired) electrons. The molecule has 0 spiro atoms. The van der Waals surface area contributed by atoms with Crippen molar-refractivity contribution in [2.24, 2.45) is 0 Å². The number of aromatic hydroxyl groups is 1. The normalized spacial score (nSPS) is 19.3. The molecule has 0 atom stereocenters. The van der Waals surface area contributed by atoms with E-state index in [0.29, 0.717) is 13.2 Å². The van der Waals surface area contributed by atoms with E-state index in [2.05, 4.69) is 0 Å². The summed E-state index contributed by atoms with van der Waals surface area (Å²) in [4.78, 5) is 0. The van der Waals surface area contributed by atoms with Crippen molar-refractivity contribution in [1.29, 1.82) is 0 Å². The summed E-state index contributed by atoms with van der Waals surface area (Å²) in [6.07, 6.45) is 0.776. The number of hydrogen-bond acceptors (Lipinski definition) is 3. The molecule has 1 heterocycles. The van der Waals surface area contributed by atoms with Crippen LogP contribution in [-0.4, -0.2) is 18.3 Å². The van der Waals surface area contributed by atoms with Crippen LogP contribution < -0.4 is 0 Å². The van der Waals surface area contributed by atoms with Gasteiger partial charge in [-0.2, -0.15) is 0 Å². The molecule has 1 N–H and O–H groups in total. The average molecular weight is 208 g/mol. The molecule has 3 heteroatoms. The lowest BCUT2D eigenvalue weighted by molar-refractivity contribution is -0.167. The fourth-order valence-corrected chi connectivity index (χ4v) is 2.08. The van der Waals surface area contributed by atoms with Crippen LogP contribution in [-0.2, 0) is 15.3 Å². The van der Waals surface area contributed by atoms with E-state index in [-0.39, 0.29) is 5.75 Å². The second kappa shape index (κ2) is 3.83. The highest BCUT2D eigenvalue weighted by Crippen LogP contribution is 2.37. The van der Waals surface area contributed by atoms with Gasteiger partial charge < -0.3 is 14.6 Å². The van der Waals surface area contributed by atoms with Gasteiger partial charge in [0.15, 0.2) is 5.79 Å². The van der Waals surface area contributed by atoms with Crippen molar-refractivity contribution in [1.82, 2.24) is 0 Å². The van der Waals surface area contributed by atoms with E-state index < -0.39 is 5.79 Å². The highest BCUT2D eigenvalue weighted by Gasteiger charge is 2.37. The first-order chi connectivity index (χ1) is 7.18. The van der Waals surface area contributed by atoms with Gasteiger partial charge in [0.25, 0.3) is 0 Å². The molecule has 0 amide bonds. The number of phenolic OH excluding ortho intramolecular Hbond substituents is 1. The number of ether oxygens (including phenoxy) is 2. The Morgan fingerprint density at radius 1 is 1.33 bits per heavy atom. The van der Waals surface area contributed by atoms with E-state index in [1.54, 1.807) is 12.1 Å². The maximum Gasteiger partial charge on any atom is 0.194 e. The number of rotatable bonds is 2. The Balaban J connectivity index is 2.42. The molecule has 1 aromatic carbocycles. The topological polar surface area (TPSA) is 38.7 Å². The van der Waals surface area contributed by atoms with Crippen molar-refractivity contribution in [3.05, 3.63) is 29.3 Å². The predicted molar refractivity (Wildman–Crippen MR) is 56.7 cm³/mol. The SMILES string of the molecule is CCC1(c2ccc(O)cc2C)OCCO1. The van der Waals surface area contributed by atoms with Crippen LogP contribution in [0, 0.1) is 6.92 Å². The van der Waals surface area contributed by atoms with Crippen LogP contribution in [0.5, 0.6) is 5.75 Å². The Hall–Kier alpha value is -1.06. The van der Waals surface area contributed by atoms with Crippen molar-refractivity contribution in [2.75, 3.05) is 13.2 Å². The van der Waals surface area contributed by atoms with Crippen LogP contribution in [0.25, 0.3) is 0 Å². The van der Waals surface area contributed by atoms with Crippen molar-refractivity contribution < 1.29 is 14.6 Å². The fraction of sp³-hybridized carbons (Fsp3) is 0.500. The molecule has 0 saturated carbocycles. The maximum absolute atomic E-state index is 9.36. The second-order valence-corrected chi connectivity index (χ2v) is 3.80. The number of benzene rings is 1. The Morgan fingerprint density at radius 2 is 2.00 bits per heavy atom. The molecule has 1 aliphatic heterocycles. The standard InChI is InChI=1S/C12H16O3/c1-3-12(14-6-7-15-12)11-5-4-10(13)8-9(11)2/h4-5,8,13H,3,6-7H2,1-2H3. The van der Waals surface area contributed by atoms with Gasteiger partial charge in [0.1, 0.15) is 5.75 Å². The summed E-state index contributed by atoms with van der Waals surface area (Å²) >= 11 is 0. The summed E-state index contributed by atoms with van der Waals surface area (Å²) in [5, 5.41) is 9.36. The van der Waals surface area contributed by atoms with Crippen LogP contribution in [0.15, 0.2) is 18.2 Å². The summed E-state index contributed by atoms with van der Waals surface area (Å²) in [6.45, 7) is 5.26. The molecule has 0 unspecified atom stereocenters. The predicted octanol–water partition coefficient (Wildman–Crippen LogP) is 2.31. The van der Waals surface area contributed by atoms with Gasteiger partial charge in [-0.05, 0) is 30.7 Å². The molecule has 3 nitrogen and oxygen atoms in total. The number of phenols is 1. The van der Waals surface area contributed by atoms with Gasteiger partial charge in [0, 0.05) is 12.0 Å². The number of hydrogen-bond donors (Lipinski definition) is 1. The van der Waals surface area contributed by atoms with Crippen molar-refractivity contribution >= 4 is 0 Å². The first-order valence-electron chi connectivity index (χ1n) is 5.26. The molecule has 1 aromatic rings. The monoisotopic (exact) mass is 208 g/mol. The van der Waals surface area contributed by atoms with E-state index in [9.17, 15) is 5.11 Å². The van der Waals surface area contributed by atoms with Crippen LogP contribution in [0.2, 0.25) is 0 Å². The van der Waals surface area contributed by atoms with E-state index >= 15 is 0 Å². The molecule has 1 fully saturated rings. The van der Waals surface area contributed by atoms with E-state index in [0.717, 1.165) is 17.5 Å². The van der Waals surface area contributed by atoms with E-state index in [1.807, 2.05) is 19.9 Å². The molecule has 15 heavy (non-hydrogen) atoms. The third-order valence-corrected chi connectivity index (χ3v) is 2.84. The van der Waals surface area contributed by atoms with Crippen LogP contribution in [0.1, 0.15) is 24.5 Å². The molecular formula is C12H16O3. The van der Waals surface area contributed by atoms with Gasteiger partial charge in [0.2, 0.25) is 0 Å². The Bertz CT molecular complexity index is 354. The van der Waals surface area contributed by atoms with Gasteiger partial charge in [-0.15, -0.1) is 0 Å². The molecule has 2 rings (SSSR count). The van der Waals surface area contributed by atoms with Gasteiger partial charge in [-0.1, -0.05) is 6.92 Å². The van der Waals surface area contributed by atoms with Crippen molar-refractivity contribution in [2.45, 2.75) is 26.1 Å². The smallest absolute Gasteiger partial charge is 0.194 e. The zero-order valence-electron chi connectivity index (χ0n) is 9.12. The molecule has 1 aliphatic rings. The van der Waals surface area contributed by atoms with Gasteiger partial charge in [0.05, 0.1) is 13.2 Å². The number of aryl methyl sites for hydroxylation is 1. The lowest BCUT2D eigenvalue weighted by Crippen LogP contribution is -2.26. The zero-order valence-corrected chi connectivity index (χ0v) is 9.12. The minimum atomic E-state index is -0.599. The van der Waals surface area contributed by atoms with Gasteiger partial charge in [-0.25, -0.2) is 0 Å². The molecular weight excluding hydrogens is 192 g/mol. The maximum atomic E-state index is 9.36. The quantitative estimate of drug-likeness (QED) is 0.810. The third kappa shape index (κ3) is 1.73. The molecule has 0 aromatic heterocycles. The third-order valence-electron chi connectivity index (χ3n) is 2.84. The molecule has 1 saturated heterocycles. The van der Waals surface area contributed by atoms with Crippen molar-refractivity contribution in [3.63, 3.8) is 0 Å². The summed E-state index contributed by atoms with van der Waals surface area (Å²) in [5.41, 5.74) is 2.01. The minimum Gasteiger partial charge on any atom is -0.508 e. The summed E-state index contributed by atoms with van der Waals surface area (Å²) in [6, 6.07) is 5.28. The summed E-state index contributed by atoms with van der Waals surface area (Å²) < 4.78 is 11.4. The minimum absolute atomic E-state index is 0.278. The highest BCUT2D eigenvalue weighted by atomic mass is 16.7. The molecule has 0 aliphatic carbocycles. The fourth-order valence-electron chi connectivity index (χ4n) is 2.08. The molecule has 82 valence electrons. The summed E-state index contributed by atoms with van der Waals surface area (Å²) in [7, 11) is 0. The highest BCUT2D eigenvalue weighted by molar-refractivity contribution is 5.36. The van der Waals surface area contributed by atoms with Crippen LogP contribution in [0.3, 0.4) is 0 Å². The largest absolute Gasteiger partial charge is 0.508 e. The second-order valence-electron chi connectivity index (χ2n) is 3.80. The molecule has 0 bridgehead atoms. The van der Waals surface area contributed by atoms with Gasteiger partial charge >= 0.3 is 0 Å². The summed E-state index contributed by atoms with van der Waals surface area (Å²) in [5.74, 6) is -0.321.